The van der Waals surface area contributed by atoms with Gasteiger partial charge in [-0.1, -0.05) is 25.6 Å². The first-order valence-electron chi connectivity index (χ1n) is 8.32. The van der Waals surface area contributed by atoms with Crippen molar-refractivity contribution in [1.29, 1.82) is 0 Å². The third kappa shape index (κ3) is 6.62. The summed E-state index contributed by atoms with van der Waals surface area (Å²) in [6, 6.07) is 10.6. The Hall–Kier alpha value is -3.68. The number of pyridine rings is 1. The fourth-order valence-corrected chi connectivity index (χ4v) is 2.09. The van der Waals surface area contributed by atoms with Gasteiger partial charge in [0.1, 0.15) is 0 Å². The fourth-order valence-electron chi connectivity index (χ4n) is 2.09. The van der Waals surface area contributed by atoms with Crippen LogP contribution in [0.15, 0.2) is 61.1 Å². The largest absolute Gasteiger partial charge is 0.327 e. The lowest BCUT2D eigenvalue weighted by atomic mass is 10.1. The van der Waals surface area contributed by atoms with Crippen LogP contribution in [0.3, 0.4) is 0 Å². The molecule has 0 saturated heterocycles. The Morgan fingerprint density at radius 1 is 0.963 bits per heavy atom. The third-order valence-corrected chi connectivity index (χ3v) is 3.50. The fraction of sp³-hybridized carbons (Fsp3) is 0.158. The highest BCUT2D eigenvalue weighted by Crippen LogP contribution is 2.09. The van der Waals surface area contributed by atoms with E-state index >= 15 is 0 Å². The minimum absolute atomic E-state index is 0.0880. The van der Waals surface area contributed by atoms with Gasteiger partial charge in [0.2, 0.25) is 5.91 Å². The maximum atomic E-state index is 11.9. The summed E-state index contributed by atoms with van der Waals surface area (Å²) in [4.78, 5) is 39.4. The van der Waals surface area contributed by atoms with E-state index in [0.29, 0.717) is 11.4 Å². The molecule has 27 heavy (non-hydrogen) atoms. The molecule has 0 bridgehead atoms. The van der Waals surface area contributed by atoms with Gasteiger partial charge < -0.3 is 16.1 Å². The van der Waals surface area contributed by atoms with E-state index in [1.54, 1.807) is 30.5 Å². The summed E-state index contributed by atoms with van der Waals surface area (Å²) in [5.41, 5.74) is 7.07. The second-order valence-electron chi connectivity index (χ2n) is 5.65. The van der Waals surface area contributed by atoms with Crippen LogP contribution in [0.2, 0.25) is 0 Å². The number of amides is 3. The second-order valence-corrected chi connectivity index (χ2v) is 5.65. The van der Waals surface area contributed by atoms with Gasteiger partial charge >= 0.3 is 11.8 Å². The van der Waals surface area contributed by atoms with Crippen molar-refractivity contribution in [2.24, 2.45) is 0 Å². The van der Waals surface area contributed by atoms with Crippen LogP contribution in [0, 0.1) is 0 Å². The summed E-state index contributed by atoms with van der Waals surface area (Å²) in [7, 11) is 0. The molecule has 2 rings (SSSR count). The average Bonchev–Trinajstić information content (AvgIpc) is 2.67. The molecule has 0 atom stereocenters. The number of rotatable bonds is 7. The van der Waals surface area contributed by atoms with E-state index in [-0.39, 0.29) is 18.0 Å². The van der Waals surface area contributed by atoms with E-state index in [9.17, 15) is 14.4 Å². The van der Waals surface area contributed by atoms with E-state index < -0.39 is 11.8 Å². The molecule has 2 aromatic rings. The highest BCUT2D eigenvalue weighted by atomic mass is 16.2. The predicted octanol–water partition coefficient (Wildman–Crippen LogP) is 1.75. The molecule has 0 aliphatic carbocycles. The molecule has 0 radical (unpaired) electrons. The zero-order valence-electron chi connectivity index (χ0n) is 14.9. The summed E-state index contributed by atoms with van der Waals surface area (Å²) in [6.45, 7) is 5.66. The maximum absolute atomic E-state index is 11.9. The number of nitrogens with zero attached hydrogens (tertiary/aromatic N) is 1. The van der Waals surface area contributed by atoms with Crippen LogP contribution in [0.5, 0.6) is 0 Å². The molecule has 8 nitrogen and oxygen atoms in total. The molecule has 0 unspecified atom stereocenters. The van der Waals surface area contributed by atoms with Gasteiger partial charge in [0.25, 0.3) is 0 Å². The molecule has 0 saturated carbocycles. The summed E-state index contributed by atoms with van der Waals surface area (Å²) in [5.74, 6) is -2.07. The molecule has 8 heteroatoms. The minimum atomic E-state index is -0.900. The number of aryl methyl sites for hydroxylation is 1. The van der Waals surface area contributed by atoms with Crippen molar-refractivity contribution in [3.63, 3.8) is 0 Å². The molecule has 1 heterocycles. The number of benzene rings is 1. The van der Waals surface area contributed by atoms with Crippen LogP contribution in [0.1, 0.15) is 18.9 Å². The number of hydrogen-bond donors (Lipinski definition) is 4. The quantitative estimate of drug-likeness (QED) is 0.440. The SMILES string of the molecule is C=C(CC(=O)Nc1cccnc1)NNC(=O)C(=O)Nc1ccc(CC)cc1. The van der Waals surface area contributed by atoms with Crippen LogP contribution in [-0.2, 0) is 20.8 Å². The Morgan fingerprint density at radius 3 is 2.33 bits per heavy atom. The van der Waals surface area contributed by atoms with Gasteiger partial charge in [0.05, 0.1) is 18.3 Å². The number of carbonyl (C=O) groups excluding carboxylic acids is 3. The molecular formula is C19H21N5O3. The molecule has 1 aromatic heterocycles. The number of hydrogen-bond acceptors (Lipinski definition) is 5. The molecule has 0 aliphatic heterocycles. The molecule has 3 amide bonds. The maximum Gasteiger partial charge on any atom is 0.327 e. The highest BCUT2D eigenvalue weighted by molar-refractivity contribution is 6.39. The lowest BCUT2D eigenvalue weighted by Gasteiger charge is -2.11. The molecule has 140 valence electrons. The van der Waals surface area contributed by atoms with Crippen molar-refractivity contribution >= 4 is 29.1 Å². The van der Waals surface area contributed by atoms with Gasteiger partial charge in [-0.05, 0) is 36.2 Å². The van der Waals surface area contributed by atoms with Crippen molar-refractivity contribution in [1.82, 2.24) is 15.8 Å². The second kappa shape index (κ2) is 9.71. The van der Waals surface area contributed by atoms with Crippen molar-refractivity contribution < 1.29 is 14.4 Å². The topological polar surface area (TPSA) is 112 Å². The first-order valence-corrected chi connectivity index (χ1v) is 8.32. The van der Waals surface area contributed by atoms with Crippen molar-refractivity contribution in [2.45, 2.75) is 19.8 Å². The minimum Gasteiger partial charge on any atom is -0.324 e. The summed E-state index contributed by atoms with van der Waals surface area (Å²) in [6.07, 6.45) is 3.90. The molecule has 0 spiro atoms. The molecule has 0 aliphatic rings. The van der Waals surface area contributed by atoms with Crippen LogP contribution in [0.25, 0.3) is 0 Å². The normalized spacial score (nSPS) is 9.81. The van der Waals surface area contributed by atoms with Crippen molar-refractivity contribution in [2.75, 3.05) is 10.6 Å². The molecule has 0 fully saturated rings. The van der Waals surface area contributed by atoms with Crippen LogP contribution in [0.4, 0.5) is 11.4 Å². The van der Waals surface area contributed by atoms with E-state index in [0.717, 1.165) is 12.0 Å². The Bertz CT molecular complexity index is 819. The monoisotopic (exact) mass is 367 g/mol. The number of nitrogens with one attached hydrogen (secondary N) is 4. The number of hydrazine groups is 1. The molecular weight excluding hydrogens is 346 g/mol. The Morgan fingerprint density at radius 2 is 1.70 bits per heavy atom. The van der Waals surface area contributed by atoms with Gasteiger partial charge in [-0.3, -0.25) is 24.8 Å². The lowest BCUT2D eigenvalue weighted by Crippen LogP contribution is -2.43. The van der Waals surface area contributed by atoms with Crippen LogP contribution >= 0.6 is 0 Å². The van der Waals surface area contributed by atoms with Crippen LogP contribution < -0.4 is 21.5 Å². The van der Waals surface area contributed by atoms with E-state index in [2.05, 4.69) is 33.0 Å². The van der Waals surface area contributed by atoms with Crippen molar-refractivity contribution in [3.8, 4) is 0 Å². The summed E-state index contributed by atoms with van der Waals surface area (Å²) >= 11 is 0. The zero-order chi connectivity index (χ0) is 19.6. The van der Waals surface area contributed by atoms with Gasteiger partial charge in [0.15, 0.2) is 0 Å². The Kier molecular flexibility index (Phi) is 7.07. The third-order valence-electron chi connectivity index (χ3n) is 3.50. The standard InChI is InChI=1S/C19H21N5O3/c1-3-14-6-8-15(9-7-14)22-18(26)19(27)24-23-13(2)11-17(25)21-16-5-4-10-20-12-16/h4-10,12,23H,2-3,11H2,1H3,(H,21,25)(H,22,26)(H,24,27). The van der Waals surface area contributed by atoms with E-state index in [1.807, 2.05) is 19.1 Å². The smallest absolute Gasteiger partial charge is 0.324 e. The van der Waals surface area contributed by atoms with Crippen molar-refractivity contribution in [3.05, 3.63) is 66.6 Å². The van der Waals surface area contributed by atoms with Gasteiger partial charge in [-0.25, -0.2) is 0 Å². The summed E-state index contributed by atoms with van der Waals surface area (Å²) < 4.78 is 0. The van der Waals surface area contributed by atoms with E-state index in [4.69, 9.17) is 0 Å². The van der Waals surface area contributed by atoms with Gasteiger partial charge in [-0.15, -0.1) is 0 Å². The number of anilines is 2. The van der Waals surface area contributed by atoms with Gasteiger partial charge in [0, 0.05) is 17.6 Å². The number of aromatic nitrogens is 1. The first-order chi connectivity index (χ1) is 13.0. The molecule has 1 aromatic carbocycles. The number of carbonyl (C=O) groups is 3. The van der Waals surface area contributed by atoms with Crippen LogP contribution in [-0.4, -0.2) is 22.7 Å². The average molecular weight is 367 g/mol. The highest BCUT2D eigenvalue weighted by Gasteiger charge is 2.14. The Labute approximate surface area is 157 Å². The predicted molar refractivity (Wildman–Crippen MR) is 102 cm³/mol. The Balaban J connectivity index is 1.74. The first kappa shape index (κ1) is 19.6. The van der Waals surface area contributed by atoms with E-state index in [1.165, 1.54) is 6.20 Å². The lowest BCUT2D eigenvalue weighted by molar-refractivity contribution is -0.136. The molecule has 4 N–H and O–H groups in total. The summed E-state index contributed by atoms with van der Waals surface area (Å²) in [5, 5.41) is 5.11. The van der Waals surface area contributed by atoms with Gasteiger partial charge in [-0.2, -0.15) is 0 Å². The zero-order valence-corrected chi connectivity index (χ0v) is 14.9.